The average Bonchev–Trinajstić information content (AvgIpc) is 2.15. The molecule has 4 N–H and O–H groups in total. The number of halogens is 1. The van der Waals surface area contributed by atoms with E-state index in [2.05, 4.69) is 10.3 Å². The summed E-state index contributed by atoms with van der Waals surface area (Å²) < 4.78 is 0. The summed E-state index contributed by atoms with van der Waals surface area (Å²) in [4.78, 5) is 3.98. The summed E-state index contributed by atoms with van der Waals surface area (Å²) >= 11 is 0. The Bertz CT molecular complexity index is 353. The highest BCUT2D eigenvalue weighted by atomic mass is 127. The number of aliphatic imine (C=N–C) groups is 1. The zero-order chi connectivity index (χ0) is 11.3. The smallest absolute Gasteiger partial charge is 0.193 e. The van der Waals surface area contributed by atoms with Crippen LogP contribution < -0.4 is 11.1 Å². The minimum Gasteiger partial charge on any atom is -0.391 e. The first kappa shape index (κ1) is 15.2. The van der Waals surface area contributed by atoms with Crippen LogP contribution in [0.4, 0.5) is 5.69 Å². The van der Waals surface area contributed by atoms with Gasteiger partial charge in [-0.25, -0.2) is 0 Å². The standard InChI is InChI=1S/C11H17N3O.HI/c1-8-4-3-5-10(6-8)14-11(12)13-7-9(2)15;/h3-6,9,15H,7H2,1-2H3,(H3,12,13,14);1H. The number of rotatable bonds is 3. The summed E-state index contributed by atoms with van der Waals surface area (Å²) in [6.45, 7) is 3.99. The van der Waals surface area contributed by atoms with Gasteiger partial charge in [-0.2, -0.15) is 0 Å². The monoisotopic (exact) mass is 335 g/mol. The van der Waals surface area contributed by atoms with Crippen LogP contribution in [0.5, 0.6) is 0 Å². The molecule has 1 aromatic carbocycles. The number of hydrogen-bond acceptors (Lipinski definition) is 2. The maximum Gasteiger partial charge on any atom is 0.193 e. The molecule has 5 heteroatoms. The van der Waals surface area contributed by atoms with E-state index in [0.717, 1.165) is 11.3 Å². The van der Waals surface area contributed by atoms with Gasteiger partial charge in [0.05, 0.1) is 12.6 Å². The first-order valence-corrected chi connectivity index (χ1v) is 4.89. The maximum atomic E-state index is 9.02. The van der Waals surface area contributed by atoms with Crippen molar-refractivity contribution >= 4 is 35.6 Å². The maximum absolute atomic E-state index is 9.02. The fourth-order valence-electron chi connectivity index (χ4n) is 1.14. The van der Waals surface area contributed by atoms with Crippen LogP contribution in [-0.4, -0.2) is 23.7 Å². The van der Waals surface area contributed by atoms with Gasteiger partial charge in [0.2, 0.25) is 0 Å². The van der Waals surface area contributed by atoms with Crippen LogP contribution in [-0.2, 0) is 0 Å². The van der Waals surface area contributed by atoms with Gasteiger partial charge in [0, 0.05) is 5.69 Å². The van der Waals surface area contributed by atoms with Crippen LogP contribution in [0.2, 0.25) is 0 Å². The molecule has 1 atom stereocenters. The number of aryl methyl sites for hydroxylation is 1. The molecule has 0 spiro atoms. The van der Waals surface area contributed by atoms with Gasteiger partial charge in [-0.05, 0) is 31.5 Å². The van der Waals surface area contributed by atoms with Gasteiger partial charge in [-0.15, -0.1) is 24.0 Å². The molecule has 0 heterocycles. The Morgan fingerprint density at radius 2 is 2.25 bits per heavy atom. The first-order chi connectivity index (χ1) is 7.08. The lowest BCUT2D eigenvalue weighted by Gasteiger charge is -2.06. The fourth-order valence-corrected chi connectivity index (χ4v) is 1.14. The molecule has 4 nitrogen and oxygen atoms in total. The van der Waals surface area contributed by atoms with Crippen LogP contribution in [0, 0.1) is 6.92 Å². The Balaban J connectivity index is 0.00000225. The molecule has 0 bridgehead atoms. The normalized spacial score (nSPS) is 12.8. The highest BCUT2D eigenvalue weighted by Crippen LogP contribution is 2.08. The van der Waals surface area contributed by atoms with E-state index in [1.54, 1.807) is 6.92 Å². The van der Waals surface area contributed by atoms with Crippen LogP contribution >= 0.6 is 24.0 Å². The molecule has 16 heavy (non-hydrogen) atoms. The summed E-state index contributed by atoms with van der Waals surface area (Å²) in [5.41, 5.74) is 7.69. The van der Waals surface area contributed by atoms with Crippen molar-refractivity contribution in [3.8, 4) is 0 Å². The van der Waals surface area contributed by atoms with Gasteiger partial charge in [0.15, 0.2) is 5.96 Å². The number of nitrogens with one attached hydrogen (secondary N) is 1. The molecule has 0 aromatic heterocycles. The van der Waals surface area contributed by atoms with Gasteiger partial charge in [-0.1, -0.05) is 12.1 Å². The zero-order valence-electron chi connectivity index (χ0n) is 9.47. The molecule has 1 aromatic rings. The molecular weight excluding hydrogens is 317 g/mol. The lowest BCUT2D eigenvalue weighted by atomic mass is 10.2. The van der Waals surface area contributed by atoms with Crippen molar-refractivity contribution in [2.45, 2.75) is 20.0 Å². The van der Waals surface area contributed by atoms with E-state index in [1.165, 1.54) is 0 Å². The number of hydrogen-bond donors (Lipinski definition) is 3. The third kappa shape index (κ3) is 5.92. The average molecular weight is 335 g/mol. The first-order valence-electron chi connectivity index (χ1n) is 4.89. The summed E-state index contributed by atoms with van der Waals surface area (Å²) in [6, 6.07) is 7.84. The minimum atomic E-state index is -0.470. The second-order valence-corrected chi connectivity index (χ2v) is 3.57. The molecule has 0 aliphatic carbocycles. The van der Waals surface area contributed by atoms with Gasteiger partial charge in [0.25, 0.3) is 0 Å². The van der Waals surface area contributed by atoms with Crippen molar-refractivity contribution in [2.24, 2.45) is 10.7 Å². The van der Waals surface area contributed by atoms with E-state index in [1.807, 2.05) is 31.2 Å². The SMILES string of the molecule is Cc1cccc(NC(N)=NCC(C)O)c1.I. The van der Waals surface area contributed by atoms with E-state index in [4.69, 9.17) is 10.8 Å². The van der Waals surface area contributed by atoms with E-state index in [-0.39, 0.29) is 24.0 Å². The molecule has 0 radical (unpaired) electrons. The molecule has 0 fully saturated rings. The van der Waals surface area contributed by atoms with Crippen LogP contribution in [0.25, 0.3) is 0 Å². The number of aliphatic hydroxyl groups is 1. The number of guanidine groups is 1. The summed E-state index contributed by atoms with van der Waals surface area (Å²) in [7, 11) is 0. The molecule has 1 rings (SSSR count). The Morgan fingerprint density at radius 3 is 2.81 bits per heavy atom. The Hall–Kier alpha value is -0.820. The largest absolute Gasteiger partial charge is 0.391 e. The van der Waals surface area contributed by atoms with Crippen molar-refractivity contribution in [1.29, 1.82) is 0 Å². The van der Waals surface area contributed by atoms with Crippen LogP contribution in [0.1, 0.15) is 12.5 Å². The van der Waals surface area contributed by atoms with Crippen molar-refractivity contribution in [2.75, 3.05) is 11.9 Å². The van der Waals surface area contributed by atoms with Crippen molar-refractivity contribution in [3.05, 3.63) is 29.8 Å². The molecular formula is C11H18IN3O. The summed E-state index contributed by atoms with van der Waals surface area (Å²) in [5.74, 6) is 0.321. The van der Waals surface area contributed by atoms with E-state index in [0.29, 0.717) is 12.5 Å². The molecule has 90 valence electrons. The van der Waals surface area contributed by atoms with Gasteiger partial charge >= 0.3 is 0 Å². The Kier molecular flexibility index (Phi) is 7.07. The topological polar surface area (TPSA) is 70.6 Å². The summed E-state index contributed by atoms with van der Waals surface area (Å²) in [5, 5.41) is 12.0. The number of aliphatic hydroxyl groups excluding tert-OH is 1. The molecule has 0 saturated heterocycles. The zero-order valence-corrected chi connectivity index (χ0v) is 11.8. The highest BCUT2D eigenvalue weighted by molar-refractivity contribution is 14.0. The van der Waals surface area contributed by atoms with Crippen molar-refractivity contribution in [3.63, 3.8) is 0 Å². The Morgan fingerprint density at radius 1 is 1.56 bits per heavy atom. The molecule has 1 unspecified atom stereocenters. The van der Waals surface area contributed by atoms with E-state index >= 15 is 0 Å². The predicted octanol–water partition coefficient (Wildman–Crippen LogP) is 1.72. The lowest BCUT2D eigenvalue weighted by molar-refractivity contribution is 0.204. The fraction of sp³-hybridized carbons (Fsp3) is 0.364. The Labute approximate surface area is 113 Å². The van der Waals surface area contributed by atoms with Gasteiger partial charge in [0.1, 0.15) is 0 Å². The van der Waals surface area contributed by atoms with Crippen molar-refractivity contribution < 1.29 is 5.11 Å². The predicted molar refractivity (Wildman–Crippen MR) is 78.4 cm³/mol. The van der Waals surface area contributed by atoms with Gasteiger partial charge in [-0.3, -0.25) is 4.99 Å². The molecule has 0 saturated carbocycles. The second kappa shape index (κ2) is 7.45. The van der Waals surface area contributed by atoms with E-state index < -0.39 is 6.10 Å². The molecule has 0 aliphatic heterocycles. The van der Waals surface area contributed by atoms with E-state index in [9.17, 15) is 0 Å². The number of benzene rings is 1. The quantitative estimate of drug-likeness (QED) is 0.448. The third-order valence-electron chi connectivity index (χ3n) is 1.82. The van der Waals surface area contributed by atoms with Gasteiger partial charge < -0.3 is 16.2 Å². The molecule has 0 aliphatic rings. The van der Waals surface area contributed by atoms with Crippen LogP contribution in [0.15, 0.2) is 29.3 Å². The molecule has 0 amide bonds. The lowest BCUT2D eigenvalue weighted by Crippen LogP contribution is -2.24. The highest BCUT2D eigenvalue weighted by Gasteiger charge is 1.96. The minimum absolute atomic E-state index is 0. The summed E-state index contributed by atoms with van der Waals surface area (Å²) in [6.07, 6.45) is -0.470. The number of nitrogens with zero attached hydrogens (tertiary/aromatic N) is 1. The number of anilines is 1. The third-order valence-corrected chi connectivity index (χ3v) is 1.82. The number of nitrogens with two attached hydrogens (primary N) is 1. The second-order valence-electron chi connectivity index (χ2n) is 3.57. The van der Waals surface area contributed by atoms with Crippen molar-refractivity contribution in [1.82, 2.24) is 0 Å². The van der Waals surface area contributed by atoms with Crippen LogP contribution in [0.3, 0.4) is 0 Å².